The Kier molecular flexibility index (Phi) is 4.21. The van der Waals surface area contributed by atoms with Crippen molar-refractivity contribution in [2.75, 3.05) is 14.1 Å². The SMILES string of the molecule is CN(C)C(=O)c1ccc(CNC(=O)c2cc3c(nc4sccn43)s2)cc1. The van der Waals surface area contributed by atoms with Crippen molar-refractivity contribution in [1.82, 2.24) is 19.6 Å². The van der Waals surface area contributed by atoms with Gasteiger partial charge in [0.05, 0.1) is 10.4 Å². The van der Waals surface area contributed by atoms with E-state index in [1.807, 2.05) is 34.2 Å². The first-order chi connectivity index (χ1) is 12.5. The van der Waals surface area contributed by atoms with Crippen molar-refractivity contribution in [1.29, 1.82) is 0 Å². The van der Waals surface area contributed by atoms with Crippen LogP contribution in [-0.2, 0) is 6.54 Å². The van der Waals surface area contributed by atoms with Gasteiger partial charge in [0.1, 0.15) is 4.83 Å². The first-order valence-electron chi connectivity index (χ1n) is 7.97. The van der Waals surface area contributed by atoms with Gasteiger partial charge in [0.25, 0.3) is 11.8 Å². The second-order valence-electron chi connectivity index (χ2n) is 6.05. The lowest BCUT2D eigenvalue weighted by molar-refractivity contribution is 0.0827. The van der Waals surface area contributed by atoms with Crippen LogP contribution < -0.4 is 5.32 Å². The molecule has 0 aliphatic heterocycles. The number of nitrogens with zero attached hydrogens (tertiary/aromatic N) is 3. The number of imidazole rings is 1. The van der Waals surface area contributed by atoms with Gasteiger partial charge in [-0.25, -0.2) is 4.98 Å². The number of nitrogens with one attached hydrogen (secondary N) is 1. The quantitative estimate of drug-likeness (QED) is 0.587. The number of benzene rings is 1. The lowest BCUT2D eigenvalue weighted by atomic mass is 10.1. The molecule has 0 bridgehead atoms. The summed E-state index contributed by atoms with van der Waals surface area (Å²) in [7, 11) is 3.44. The molecule has 3 heterocycles. The van der Waals surface area contributed by atoms with Crippen molar-refractivity contribution in [3.05, 3.63) is 57.9 Å². The Morgan fingerprint density at radius 1 is 1.23 bits per heavy atom. The molecule has 2 amide bonds. The molecule has 26 heavy (non-hydrogen) atoms. The van der Waals surface area contributed by atoms with Crippen LogP contribution in [0, 0.1) is 0 Å². The number of rotatable bonds is 4. The van der Waals surface area contributed by atoms with Crippen LogP contribution in [0.3, 0.4) is 0 Å². The van der Waals surface area contributed by atoms with Crippen molar-refractivity contribution in [2.45, 2.75) is 6.54 Å². The number of amides is 2. The minimum Gasteiger partial charge on any atom is -0.347 e. The highest BCUT2D eigenvalue weighted by Crippen LogP contribution is 2.28. The van der Waals surface area contributed by atoms with Gasteiger partial charge in [-0.15, -0.1) is 22.7 Å². The van der Waals surface area contributed by atoms with Gasteiger partial charge in [0, 0.05) is 37.8 Å². The smallest absolute Gasteiger partial charge is 0.261 e. The second-order valence-corrected chi connectivity index (χ2v) is 7.95. The highest BCUT2D eigenvalue weighted by molar-refractivity contribution is 7.21. The molecule has 0 saturated heterocycles. The molecular weight excluding hydrogens is 368 g/mol. The van der Waals surface area contributed by atoms with Crippen LogP contribution in [0.1, 0.15) is 25.6 Å². The molecule has 132 valence electrons. The number of carbonyl (C=O) groups excluding carboxylic acids is 2. The topological polar surface area (TPSA) is 66.7 Å². The van der Waals surface area contributed by atoms with Gasteiger partial charge >= 0.3 is 0 Å². The molecule has 1 N–H and O–H groups in total. The maximum atomic E-state index is 12.4. The molecule has 4 aromatic rings. The van der Waals surface area contributed by atoms with Crippen molar-refractivity contribution >= 4 is 49.8 Å². The van der Waals surface area contributed by atoms with Crippen molar-refractivity contribution in [3.63, 3.8) is 0 Å². The average molecular weight is 384 g/mol. The van der Waals surface area contributed by atoms with E-state index < -0.39 is 0 Å². The van der Waals surface area contributed by atoms with E-state index in [1.54, 1.807) is 37.6 Å². The zero-order chi connectivity index (χ0) is 18.3. The predicted octanol–water partition coefficient (Wildman–Crippen LogP) is 3.24. The Bertz CT molecular complexity index is 1110. The van der Waals surface area contributed by atoms with Crippen molar-refractivity contribution < 1.29 is 9.59 Å². The molecule has 0 atom stereocenters. The standard InChI is InChI=1S/C18H16N4O2S2/c1-21(2)17(24)12-5-3-11(4-6-12)10-19-15(23)14-9-13-16(26-14)20-18-22(13)7-8-25-18/h3-9H,10H2,1-2H3,(H,19,23). The van der Waals surface area contributed by atoms with Crippen LogP contribution in [0.5, 0.6) is 0 Å². The molecule has 6 nitrogen and oxygen atoms in total. The fourth-order valence-electron chi connectivity index (χ4n) is 2.65. The van der Waals surface area contributed by atoms with E-state index in [9.17, 15) is 9.59 Å². The summed E-state index contributed by atoms with van der Waals surface area (Å²) in [5.41, 5.74) is 2.53. The summed E-state index contributed by atoms with van der Waals surface area (Å²) in [5.74, 6) is -0.159. The maximum absolute atomic E-state index is 12.4. The Hall–Kier alpha value is -2.71. The first kappa shape index (κ1) is 16.7. The Morgan fingerprint density at radius 3 is 2.73 bits per heavy atom. The monoisotopic (exact) mass is 384 g/mol. The van der Waals surface area contributed by atoms with Crippen LogP contribution >= 0.6 is 22.7 Å². The van der Waals surface area contributed by atoms with E-state index in [1.165, 1.54) is 16.2 Å². The minimum atomic E-state index is -0.120. The molecule has 0 unspecified atom stereocenters. The third-order valence-electron chi connectivity index (χ3n) is 4.02. The van der Waals surface area contributed by atoms with Crippen LogP contribution in [0.4, 0.5) is 0 Å². The molecule has 4 rings (SSSR count). The number of fused-ring (bicyclic) bond motifs is 3. The van der Waals surface area contributed by atoms with E-state index in [-0.39, 0.29) is 11.8 Å². The molecule has 3 aromatic heterocycles. The summed E-state index contributed by atoms with van der Waals surface area (Å²) >= 11 is 2.97. The number of thiophene rings is 1. The number of carbonyl (C=O) groups is 2. The number of aromatic nitrogens is 2. The highest BCUT2D eigenvalue weighted by Gasteiger charge is 2.15. The third-order valence-corrected chi connectivity index (χ3v) is 5.80. The summed E-state index contributed by atoms with van der Waals surface area (Å²) in [6, 6.07) is 9.14. The maximum Gasteiger partial charge on any atom is 0.261 e. The van der Waals surface area contributed by atoms with Gasteiger partial charge in [-0.2, -0.15) is 0 Å². The van der Waals surface area contributed by atoms with Crippen LogP contribution in [-0.4, -0.2) is 40.2 Å². The zero-order valence-electron chi connectivity index (χ0n) is 14.2. The third kappa shape index (κ3) is 2.97. The summed E-state index contributed by atoms with van der Waals surface area (Å²) in [6.07, 6.45) is 1.96. The first-order valence-corrected chi connectivity index (χ1v) is 9.66. The Balaban J connectivity index is 1.45. The van der Waals surface area contributed by atoms with Crippen LogP contribution in [0.15, 0.2) is 41.9 Å². The average Bonchev–Trinajstić information content (AvgIpc) is 3.31. The Morgan fingerprint density at radius 2 is 2.00 bits per heavy atom. The number of hydrogen-bond acceptors (Lipinski definition) is 5. The molecule has 1 aromatic carbocycles. The molecule has 0 aliphatic carbocycles. The molecule has 0 radical (unpaired) electrons. The van der Waals surface area contributed by atoms with E-state index in [2.05, 4.69) is 10.3 Å². The molecule has 0 spiro atoms. The summed E-state index contributed by atoms with van der Waals surface area (Å²) in [4.78, 5) is 32.8. The Labute approximate surface area is 157 Å². The van der Waals surface area contributed by atoms with Gasteiger partial charge in [0.2, 0.25) is 0 Å². The fourth-order valence-corrected chi connectivity index (χ4v) is 4.37. The molecule has 0 fully saturated rings. The van der Waals surface area contributed by atoms with Crippen molar-refractivity contribution in [3.8, 4) is 0 Å². The van der Waals surface area contributed by atoms with Gasteiger partial charge < -0.3 is 10.2 Å². The summed E-state index contributed by atoms with van der Waals surface area (Å²) in [5, 5.41) is 4.90. The molecule has 0 saturated carbocycles. The van der Waals surface area contributed by atoms with Gasteiger partial charge in [-0.05, 0) is 23.8 Å². The van der Waals surface area contributed by atoms with E-state index in [0.717, 1.165) is 20.9 Å². The lowest BCUT2D eigenvalue weighted by Gasteiger charge is -2.10. The predicted molar refractivity (Wildman–Crippen MR) is 104 cm³/mol. The number of thiazole rings is 1. The summed E-state index contributed by atoms with van der Waals surface area (Å²) < 4.78 is 1.99. The van der Waals surface area contributed by atoms with E-state index >= 15 is 0 Å². The van der Waals surface area contributed by atoms with Gasteiger partial charge in [0.15, 0.2) is 4.96 Å². The van der Waals surface area contributed by atoms with Gasteiger partial charge in [-0.1, -0.05) is 12.1 Å². The highest BCUT2D eigenvalue weighted by atomic mass is 32.1. The lowest BCUT2D eigenvalue weighted by Crippen LogP contribution is -2.23. The second kappa shape index (κ2) is 6.54. The van der Waals surface area contributed by atoms with Gasteiger partial charge in [-0.3, -0.25) is 14.0 Å². The van der Waals surface area contributed by atoms with Crippen LogP contribution in [0.25, 0.3) is 15.3 Å². The van der Waals surface area contributed by atoms with E-state index in [0.29, 0.717) is 17.0 Å². The van der Waals surface area contributed by atoms with Crippen molar-refractivity contribution in [2.24, 2.45) is 0 Å². The normalized spacial score (nSPS) is 11.2. The molecule has 8 heteroatoms. The number of hydrogen-bond donors (Lipinski definition) is 1. The molecule has 0 aliphatic rings. The van der Waals surface area contributed by atoms with Crippen LogP contribution in [0.2, 0.25) is 0 Å². The fraction of sp³-hybridized carbons (Fsp3) is 0.167. The zero-order valence-corrected chi connectivity index (χ0v) is 15.9. The summed E-state index contributed by atoms with van der Waals surface area (Å²) in [6.45, 7) is 0.409. The largest absolute Gasteiger partial charge is 0.347 e. The minimum absolute atomic E-state index is 0.0391. The van der Waals surface area contributed by atoms with E-state index in [4.69, 9.17) is 0 Å². The molecular formula is C18H16N4O2S2.